The summed E-state index contributed by atoms with van der Waals surface area (Å²) in [5.74, 6) is -0.346. The van der Waals surface area contributed by atoms with Crippen LogP contribution in [-0.2, 0) is 14.9 Å². The maximum absolute atomic E-state index is 13.7. The molecule has 1 amide bonds. The lowest BCUT2D eigenvalue weighted by atomic mass is 9.73. The summed E-state index contributed by atoms with van der Waals surface area (Å²) in [5.41, 5.74) is 0.803. The Kier molecular flexibility index (Phi) is 8.11. The van der Waals surface area contributed by atoms with Crippen molar-refractivity contribution in [2.45, 2.75) is 50.7 Å². The normalized spacial score (nSPS) is 16.9. The maximum Gasteiger partial charge on any atom is 0.410 e. The van der Waals surface area contributed by atoms with E-state index in [9.17, 15) is 13.6 Å². The summed E-state index contributed by atoms with van der Waals surface area (Å²) in [6.45, 7) is 6.50. The van der Waals surface area contributed by atoms with E-state index >= 15 is 0 Å². The highest BCUT2D eigenvalue weighted by molar-refractivity contribution is 6.36. The van der Waals surface area contributed by atoms with Crippen molar-refractivity contribution in [1.82, 2.24) is 15.1 Å². The second-order valence-corrected chi connectivity index (χ2v) is 11.0. The smallest absolute Gasteiger partial charge is 0.410 e. The zero-order chi connectivity index (χ0) is 26.8. The largest absolute Gasteiger partial charge is 0.444 e. The summed E-state index contributed by atoms with van der Waals surface area (Å²) < 4.78 is 39.1. The molecule has 1 unspecified atom stereocenters. The van der Waals surface area contributed by atoms with Gasteiger partial charge in [-0.25, -0.2) is 13.6 Å². The number of rotatable bonds is 6. The first-order chi connectivity index (χ1) is 17.5. The summed E-state index contributed by atoms with van der Waals surface area (Å²) in [5, 5.41) is 8.29. The molecule has 0 radical (unpaired) electrons. The van der Waals surface area contributed by atoms with Crippen LogP contribution >= 0.6 is 23.2 Å². The van der Waals surface area contributed by atoms with Crippen LogP contribution in [0.3, 0.4) is 0 Å². The van der Waals surface area contributed by atoms with Crippen molar-refractivity contribution in [1.29, 1.82) is 0 Å². The average Bonchev–Trinajstić information content (AvgIpc) is 3.21. The molecule has 3 aromatic rings. The second kappa shape index (κ2) is 11.0. The minimum absolute atomic E-state index is 0.182. The molecule has 2 heterocycles. The summed E-state index contributed by atoms with van der Waals surface area (Å²) in [6, 6.07) is 9.61. The number of H-pyrrole nitrogens is 1. The van der Waals surface area contributed by atoms with Crippen LogP contribution in [0.25, 0.3) is 10.9 Å². The molecule has 1 N–H and O–H groups in total. The first kappa shape index (κ1) is 27.4. The number of halogens is 4. The Morgan fingerprint density at radius 2 is 1.89 bits per heavy atom. The number of likely N-dealkylation sites (tertiary alicyclic amines) is 1. The van der Waals surface area contributed by atoms with Gasteiger partial charge in [-0.05, 0) is 69.5 Å². The standard InChI is InChI=1S/C27H29Cl2F2N3O3/c1-26(2,3)37-25(35)34-12-9-27(10-13-34,17-4-6-19(31)7-5-17)16-36-22(8-11-30)20-14-18(28)15-21-23(20)32-33-24(21)29/h4-8,11,14-15,22H,9-10,12-13,16H2,1-3H3,(H,32,33)/b11-8+. The van der Waals surface area contributed by atoms with Crippen molar-refractivity contribution in [2.75, 3.05) is 19.7 Å². The number of nitrogens with one attached hydrogen (secondary N) is 1. The molecule has 10 heteroatoms. The monoisotopic (exact) mass is 551 g/mol. The van der Waals surface area contributed by atoms with Crippen molar-refractivity contribution in [3.8, 4) is 0 Å². The van der Waals surface area contributed by atoms with E-state index in [2.05, 4.69) is 10.2 Å². The molecule has 2 aromatic carbocycles. The van der Waals surface area contributed by atoms with Gasteiger partial charge in [-0.1, -0.05) is 35.3 Å². The quantitative estimate of drug-likeness (QED) is 0.344. The molecular weight excluding hydrogens is 523 g/mol. The van der Waals surface area contributed by atoms with E-state index in [0.717, 1.165) is 5.56 Å². The van der Waals surface area contributed by atoms with Gasteiger partial charge in [0.1, 0.15) is 22.7 Å². The number of hydrogen-bond acceptors (Lipinski definition) is 4. The van der Waals surface area contributed by atoms with Gasteiger partial charge in [0.2, 0.25) is 0 Å². The van der Waals surface area contributed by atoms with E-state index in [1.54, 1.807) is 29.2 Å². The summed E-state index contributed by atoms with van der Waals surface area (Å²) in [4.78, 5) is 14.3. The molecule has 1 fully saturated rings. The Hall–Kier alpha value is -2.68. The van der Waals surface area contributed by atoms with Gasteiger partial charge >= 0.3 is 6.09 Å². The fraction of sp³-hybridized carbons (Fsp3) is 0.407. The van der Waals surface area contributed by atoms with Crippen LogP contribution in [-0.4, -0.2) is 46.5 Å². The van der Waals surface area contributed by atoms with E-state index in [1.807, 2.05) is 20.8 Å². The molecule has 1 saturated heterocycles. The number of benzene rings is 2. The molecule has 1 aliphatic rings. The number of fused-ring (bicyclic) bond motifs is 1. The third kappa shape index (κ3) is 6.25. The van der Waals surface area contributed by atoms with E-state index in [-0.39, 0.29) is 18.5 Å². The highest BCUT2D eigenvalue weighted by Gasteiger charge is 2.39. The lowest BCUT2D eigenvalue weighted by Crippen LogP contribution is -2.48. The number of carbonyl (C=O) groups is 1. The Morgan fingerprint density at radius 1 is 1.22 bits per heavy atom. The number of piperidine rings is 1. The fourth-order valence-corrected chi connectivity index (χ4v) is 5.04. The topological polar surface area (TPSA) is 67.4 Å². The summed E-state index contributed by atoms with van der Waals surface area (Å²) >= 11 is 12.5. The summed E-state index contributed by atoms with van der Waals surface area (Å²) in [6.07, 6.45) is 1.60. The third-order valence-corrected chi connectivity index (χ3v) is 7.03. The maximum atomic E-state index is 13.7. The number of carbonyl (C=O) groups excluding carboxylic acids is 1. The van der Waals surface area contributed by atoms with Crippen molar-refractivity contribution in [3.63, 3.8) is 0 Å². The Morgan fingerprint density at radius 3 is 2.51 bits per heavy atom. The van der Waals surface area contributed by atoms with Crippen LogP contribution in [0.15, 0.2) is 48.8 Å². The molecule has 4 rings (SSSR count). The highest BCUT2D eigenvalue weighted by Crippen LogP contribution is 2.39. The number of nitrogens with zero attached hydrogens (tertiary/aromatic N) is 2. The molecular formula is C27H29Cl2F2N3O3. The SMILES string of the molecule is CC(C)(C)OC(=O)N1CCC(COC(/C=C/F)c2cc(Cl)cc3c(Cl)[nH]nc23)(c2ccc(F)cc2)CC1. The Bertz CT molecular complexity index is 1280. The molecule has 1 aromatic heterocycles. The van der Waals surface area contributed by atoms with E-state index in [0.29, 0.717) is 58.9 Å². The Labute approximate surface area is 224 Å². The number of hydrogen-bond donors (Lipinski definition) is 1. The van der Waals surface area contributed by atoms with Crippen LogP contribution in [0, 0.1) is 5.82 Å². The summed E-state index contributed by atoms with van der Waals surface area (Å²) in [7, 11) is 0. The van der Waals surface area contributed by atoms with Gasteiger partial charge in [-0.15, -0.1) is 0 Å². The molecule has 0 saturated carbocycles. The van der Waals surface area contributed by atoms with E-state index < -0.39 is 17.1 Å². The molecule has 0 bridgehead atoms. The predicted molar refractivity (Wildman–Crippen MR) is 140 cm³/mol. The number of aromatic nitrogens is 2. The van der Waals surface area contributed by atoms with Gasteiger partial charge in [-0.2, -0.15) is 5.10 Å². The lowest BCUT2D eigenvalue weighted by molar-refractivity contribution is -0.00357. The van der Waals surface area contributed by atoms with Crippen molar-refractivity contribution < 1.29 is 23.0 Å². The van der Waals surface area contributed by atoms with Gasteiger partial charge in [-0.3, -0.25) is 5.10 Å². The zero-order valence-corrected chi connectivity index (χ0v) is 22.4. The van der Waals surface area contributed by atoms with Crippen molar-refractivity contribution >= 4 is 40.2 Å². The van der Waals surface area contributed by atoms with Crippen molar-refractivity contribution in [2.24, 2.45) is 0 Å². The van der Waals surface area contributed by atoms with Crippen LogP contribution < -0.4 is 0 Å². The van der Waals surface area contributed by atoms with Crippen LogP contribution in [0.1, 0.15) is 50.8 Å². The molecule has 198 valence electrons. The third-order valence-electron chi connectivity index (χ3n) is 6.53. The average molecular weight is 552 g/mol. The molecule has 37 heavy (non-hydrogen) atoms. The molecule has 1 atom stereocenters. The highest BCUT2D eigenvalue weighted by atomic mass is 35.5. The second-order valence-electron chi connectivity index (χ2n) is 10.2. The van der Waals surface area contributed by atoms with Crippen LogP contribution in [0.2, 0.25) is 10.2 Å². The van der Waals surface area contributed by atoms with Gasteiger partial charge in [0, 0.05) is 34.5 Å². The first-order valence-electron chi connectivity index (χ1n) is 12.0. The van der Waals surface area contributed by atoms with E-state index in [4.69, 9.17) is 32.7 Å². The zero-order valence-electron chi connectivity index (χ0n) is 20.9. The minimum atomic E-state index is -0.813. The Balaban J connectivity index is 1.61. The van der Waals surface area contributed by atoms with Gasteiger partial charge in [0.25, 0.3) is 0 Å². The first-order valence-corrected chi connectivity index (χ1v) is 12.7. The van der Waals surface area contributed by atoms with Gasteiger partial charge < -0.3 is 14.4 Å². The molecule has 6 nitrogen and oxygen atoms in total. The molecule has 0 spiro atoms. The number of aromatic amines is 1. The number of ether oxygens (including phenoxy) is 2. The lowest BCUT2D eigenvalue weighted by Gasteiger charge is -2.42. The molecule has 0 aliphatic carbocycles. The number of amides is 1. The van der Waals surface area contributed by atoms with Crippen LogP contribution in [0.4, 0.5) is 13.6 Å². The fourth-order valence-electron chi connectivity index (χ4n) is 4.62. The van der Waals surface area contributed by atoms with Gasteiger partial charge in [0.05, 0.1) is 18.5 Å². The van der Waals surface area contributed by atoms with Gasteiger partial charge in [0.15, 0.2) is 0 Å². The van der Waals surface area contributed by atoms with Crippen LogP contribution in [0.5, 0.6) is 0 Å². The van der Waals surface area contributed by atoms with Crippen molar-refractivity contribution in [3.05, 3.63) is 75.9 Å². The minimum Gasteiger partial charge on any atom is -0.444 e. The molecule has 1 aliphatic heterocycles. The van der Waals surface area contributed by atoms with E-state index in [1.165, 1.54) is 18.2 Å². The predicted octanol–water partition coefficient (Wildman–Crippen LogP) is 7.52.